The van der Waals surface area contributed by atoms with Gasteiger partial charge in [-0.05, 0) is 38.8 Å². The third-order valence-corrected chi connectivity index (χ3v) is 4.36. The van der Waals surface area contributed by atoms with Crippen LogP contribution in [0.5, 0.6) is 0 Å². The fourth-order valence-electron chi connectivity index (χ4n) is 2.28. The van der Waals surface area contributed by atoms with Crippen LogP contribution < -0.4 is 5.32 Å². The number of likely N-dealkylation sites (tertiary alicyclic amines) is 1. The average molecular weight is 241 g/mol. The molecule has 92 valence electrons. The lowest BCUT2D eigenvalue weighted by atomic mass is 10.2. The lowest BCUT2D eigenvalue weighted by Crippen LogP contribution is -2.37. The number of nitrogens with one attached hydrogen (secondary N) is 1. The molecule has 0 spiro atoms. The number of rotatable bonds is 4. The molecule has 2 rings (SSSR count). The van der Waals surface area contributed by atoms with Crippen LogP contribution in [-0.4, -0.2) is 48.0 Å². The molecule has 2 fully saturated rings. The van der Waals surface area contributed by atoms with Crippen LogP contribution in [0.2, 0.25) is 0 Å². The van der Waals surface area contributed by atoms with Crippen LogP contribution in [-0.2, 0) is 0 Å². The van der Waals surface area contributed by atoms with E-state index in [9.17, 15) is 0 Å². The van der Waals surface area contributed by atoms with E-state index in [1.54, 1.807) is 0 Å². The van der Waals surface area contributed by atoms with Crippen molar-refractivity contribution >= 4 is 16.9 Å². The topological polar surface area (TPSA) is 27.6 Å². The monoisotopic (exact) mass is 241 g/mol. The van der Waals surface area contributed by atoms with E-state index in [1.165, 1.54) is 49.7 Å². The third kappa shape index (κ3) is 3.67. The highest BCUT2D eigenvalue weighted by molar-refractivity contribution is 8.13. The van der Waals surface area contributed by atoms with E-state index in [0.29, 0.717) is 6.04 Å². The molecule has 0 amide bonds. The maximum Gasteiger partial charge on any atom is 0.156 e. The summed E-state index contributed by atoms with van der Waals surface area (Å²) in [7, 11) is 0. The van der Waals surface area contributed by atoms with E-state index in [0.717, 1.165) is 13.1 Å². The zero-order chi connectivity index (χ0) is 11.2. The van der Waals surface area contributed by atoms with Gasteiger partial charge in [-0.2, -0.15) is 0 Å². The van der Waals surface area contributed by atoms with Crippen molar-refractivity contribution in [1.82, 2.24) is 10.2 Å². The van der Waals surface area contributed by atoms with Crippen molar-refractivity contribution in [3.05, 3.63) is 0 Å². The molecule has 1 unspecified atom stereocenters. The SMILES string of the molecule is CCC1CCSC(=NCCN2CCCC2)N1. The second-order valence-electron chi connectivity index (χ2n) is 4.62. The molecule has 1 atom stereocenters. The van der Waals surface area contributed by atoms with E-state index < -0.39 is 0 Å². The highest BCUT2D eigenvalue weighted by atomic mass is 32.2. The summed E-state index contributed by atoms with van der Waals surface area (Å²) in [6.07, 6.45) is 5.25. The van der Waals surface area contributed by atoms with Gasteiger partial charge in [0.05, 0.1) is 6.54 Å². The molecule has 4 heteroatoms. The molecule has 0 radical (unpaired) electrons. The van der Waals surface area contributed by atoms with Crippen LogP contribution in [0.25, 0.3) is 0 Å². The highest BCUT2D eigenvalue weighted by Gasteiger charge is 2.15. The Hall–Kier alpha value is -0.220. The molecule has 2 saturated heterocycles. The van der Waals surface area contributed by atoms with Crippen molar-refractivity contribution in [2.75, 3.05) is 31.9 Å². The van der Waals surface area contributed by atoms with Gasteiger partial charge in [0, 0.05) is 18.3 Å². The molecule has 0 aliphatic carbocycles. The summed E-state index contributed by atoms with van der Waals surface area (Å²) < 4.78 is 0. The number of amidine groups is 1. The van der Waals surface area contributed by atoms with Crippen LogP contribution in [0.4, 0.5) is 0 Å². The van der Waals surface area contributed by atoms with Crippen molar-refractivity contribution in [3.63, 3.8) is 0 Å². The van der Waals surface area contributed by atoms with E-state index in [-0.39, 0.29) is 0 Å². The number of hydrogen-bond donors (Lipinski definition) is 1. The lowest BCUT2D eigenvalue weighted by molar-refractivity contribution is 0.349. The first kappa shape index (κ1) is 12.2. The molecule has 0 aromatic carbocycles. The van der Waals surface area contributed by atoms with Gasteiger partial charge in [0.15, 0.2) is 5.17 Å². The van der Waals surface area contributed by atoms with E-state index in [1.807, 2.05) is 11.8 Å². The standard InChI is InChI=1S/C12H23N3S/c1-2-11-5-10-16-12(14-11)13-6-9-15-7-3-4-8-15/h11H,2-10H2,1H3,(H,13,14). The Morgan fingerprint density at radius 3 is 3.00 bits per heavy atom. The summed E-state index contributed by atoms with van der Waals surface area (Å²) in [5.74, 6) is 1.23. The fraction of sp³-hybridized carbons (Fsp3) is 0.917. The van der Waals surface area contributed by atoms with Gasteiger partial charge in [-0.15, -0.1) is 0 Å². The maximum atomic E-state index is 4.67. The summed E-state index contributed by atoms with van der Waals surface area (Å²) in [5, 5.41) is 4.70. The first-order valence-corrected chi connectivity index (χ1v) is 7.53. The molecule has 0 aromatic rings. The maximum absolute atomic E-state index is 4.67. The van der Waals surface area contributed by atoms with Crippen LogP contribution in [0.1, 0.15) is 32.6 Å². The summed E-state index contributed by atoms with van der Waals surface area (Å²) in [4.78, 5) is 7.19. The molecule has 0 saturated carbocycles. The third-order valence-electron chi connectivity index (χ3n) is 3.40. The molecule has 2 heterocycles. The van der Waals surface area contributed by atoms with Crippen molar-refractivity contribution in [2.45, 2.75) is 38.6 Å². The van der Waals surface area contributed by atoms with Gasteiger partial charge >= 0.3 is 0 Å². The van der Waals surface area contributed by atoms with E-state index in [2.05, 4.69) is 22.1 Å². The molecule has 3 nitrogen and oxygen atoms in total. The Morgan fingerprint density at radius 1 is 1.44 bits per heavy atom. The predicted molar refractivity (Wildman–Crippen MR) is 72.3 cm³/mol. The van der Waals surface area contributed by atoms with Crippen molar-refractivity contribution in [1.29, 1.82) is 0 Å². The summed E-state index contributed by atoms with van der Waals surface area (Å²) >= 11 is 1.89. The van der Waals surface area contributed by atoms with Gasteiger partial charge in [0.2, 0.25) is 0 Å². The summed E-state index contributed by atoms with van der Waals surface area (Å²) in [6, 6.07) is 0.659. The number of thioether (sulfide) groups is 1. The lowest BCUT2D eigenvalue weighted by Gasteiger charge is -2.24. The minimum Gasteiger partial charge on any atom is -0.362 e. The molecule has 0 aromatic heterocycles. The highest BCUT2D eigenvalue weighted by Crippen LogP contribution is 2.15. The zero-order valence-electron chi connectivity index (χ0n) is 10.2. The molecule has 16 heavy (non-hydrogen) atoms. The molecule has 2 aliphatic heterocycles. The Bertz CT molecular complexity index is 236. The minimum atomic E-state index is 0.659. The number of hydrogen-bond acceptors (Lipinski definition) is 3. The van der Waals surface area contributed by atoms with Crippen LogP contribution in [0.15, 0.2) is 4.99 Å². The molecule has 2 aliphatic rings. The first-order chi connectivity index (χ1) is 7.88. The Balaban J connectivity index is 1.69. The molecular weight excluding hydrogens is 218 g/mol. The van der Waals surface area contributed by atoms with Gasteiger partial charge in [-0.25, -0.2) is 0 Å². The molecule has 0 bridgehead atoms. The van der Waals surface area contributed by atoms with Gasteiger partial charge in [-0.3, -0.25) is 4.99 Å². The van der Waals surface area contributed by atoms with Crippen molar-refractivity contribution in [3.8, 4) is 0 Å². The fourth-order valence-corrected chi connectivity index (χ4v) is 3.31. The van der Waals surface area contributed by atoms with Gasteiger partial charge in [-0.1, -0.05) is 18.7 Å². The average Bonchev–Trinajstić information content (AvgIpc) is 2.82. The number of aliphatic imine (C=N–C) groups is 1. The minimum absolute atomic E-state index is 0.659. The largest absolute Gasteiger partial charge is 0.362 e. The van der Waals surface area contributed by atoms with Crippen molar-refractivity contribution in [2.24, 2.45) is 4.99 Å². The Morgan fingerprint density at radius 2 is 2.25 bits per heavy atom. The summed E-state index contributed by atoms with van der Waals surface area (Å²) in [6.45, 7) is 6.91. The van der Waals surface area contributed by atoms with Crippen LogP contribution in [0.3, 0.4) is 0 Å². The zero-order valence-corrected chi connectivity index (χ0v) is 11.1. The second-order valence-corrected chi connectivity index (χ2v) is 5.71. The smallest absolute Gasteiger partial charge is 0.156 e. The van der Waals surface area contributed by atoms with E-state index in [4.69, 9.17) is 0 Å². The Kier molecular flexibility index (Phi) is 4.97. The van der Waals surface area contributed by atoms with Gasteiger partial charge in [0.1, 0.15) is 0 Å². The Labute approximate surface area is 103 Å². The van der Waals surface area contributed by atoms with Crippen molar-refractivity contribution < 1.29 is 0 Å². The van der Waals surface area contributed by atoms with Gasteiger partial charge in [0.25, 0.3) is 0 Å². The molecule has 1 N–H and O–H groups in total. The molecular formula is C12H23N3S. The van der Waals surface area contributed by atoms with Gasteiger partial charge < -0.3 is 10.2 Å². The van der Waals surface area contributed by atoms with Crippen LogP contribution >= 0.6 is 11.8 Å². The number of nitrogens with zero attached hydrogens (tertiary/aromatic N) is 2. The van der Waals surface area contributed by atoms with E-state index >= 15 is 0 Å². The van der Waals surface area contributed by atoms with Crippen LogP contribution in [0, 0.1) is 0 Å². The quantitative estimate of drug-likeness (QED) is 0.815. The first-order valence-electron chi connectivity index (χ1n) is 6.54. The summed E-state index contributed by atoms with van der Waals surface area (Å²) in [5.41, 5.74) is 0. The second kappa shape index (κ2) is 6.50. The predicted octanol–water partition coefficient (Wildman–Crippen LogP) is 1.94. The normalized spacial score (nSPS) is 29.6.